The highest BCUT2D eigenvalue weighted by Gasteiger charge is 2.40. The predicted octanol–water partition coefficient (Wildman–Crippen LogP) is 3.43. The monoisotopic (exact) mass is 395 g/mol. The van der Waals surface area contributed by atoms with Crippen molar-refractivity contribution in [3.8, 4) is 0 Å². The maximum atomic E-state index is 12.8. The van der Waals surface area contributed by atoms with Crippen molar-refractivity contribution >= 4 is 26.8 Å². The number of hydrogen-bond donors (Lipinski definition) is 0. The molecule has 2 saturated carbocycles. The number of hydrogen-bond acceptors (Lipinski definition) is 5. The van der Waals surface area contributed by atoms with Crippen LogP contribution in [0.25, 0.3) is 16.8 Å². The van der Waals surface area contributed by atoms with Gasteiger partial charge in [0, 0.05) is 6.20 Å². The number of nitrogens with zero attached hydrogens (tertiary/aromatic N) is 5. The van der Waals surface area contributed by atoms with E-state index in [-0.39, 0.29) is 4.90 Å². The predicted molar refractivity (Wildman–Crippen MR) is 105 cm³/mol. The molecule has 7 nitrogen and oxygen atoms in total. The fourth-order valence-electron chi connectivity index (χ4n) is 4.02. The number of benzene rings is 1. The highest BCUT2D eigenvalue weighted by molar-refractivity contribution is 7.90. The quantitative estimate of drug-likeness (QED) is 0.519. The van der Waals surface area contributed by atoms with E-state index in [2.05, 4.69) is 15.2 Å². The van der Waals surface area contributed by atoms with E-state index >= 15 is 0 Å². The maximum Gasteiger partial charge on any atom is 0.269 e. The minimum atomic E-state index is -3.69. The smallest absolute Gasteiger partial charge is 0.269 e. The molecule has 0 saturated heterocycles. The van der Waals surface area contributed by atoms with E-state index in [1.54, 1.807) is 54.0 Å². The fourth-order valence-corrected chi connectivity index (χ4v) is 5.32. The SMILES string of the molecule is C1CC2CC2C1.Cc1ccc(S(=O)(=O)n2ccc3c2ncc2nncn23)cc1. The van der Waals surface area contributed by atoms with Crippen molar-refractivity contribution in [3.63, 3.8) is 0 Å². The van der Waals surface area contributed by atoms with Crippen LogP contribution in [-0.2, 0) is 10.0 Å². The number of aryl methyl sites for hydroxylation is 1. The molecule has 1 aromatic carbocycles. The minimum Gasteiger partial charge on any atom is -0.277 e. The van der Waals surface area contributed by atoms with Crippen LogP contribution in [0.2, 0.25) is 0 Å². The van der Waals surface area contributed by atoms with E-state index in [1.165, 1.54) is 41.0 Å². The molecule has 6 rings (SSSR count). The molecule has 2 atom stereocenters. The van der Waals surface area contributed by atoms with Gasteiger partial charge in [0.2, 0.25) is 0 Å². The van der Waals surface area contributed by atoms with Crippen LogP contribution >= 0.6 is 0 Å². The van der Waals surface area contributed by atoms with Gasteiger partial charge in [-0.3, -0.25) is 4.40 Å². The molecule has 3 aromatic heterocycles. The lowest BCUT2D eigenvalue weighted by Gasteiger charge is -2.07. The summed E-state index contributed by atoms with van der Waals surface area (Å²) in [7, 11) is -3.69. The molecule has 2 aliphatic rings. The van der Waals surface area contributed by atoms with E-state index in [0.717, 1.165) is 5.56 Å². The topological polar surface area (TPSA) is 82.1 Å². The van der Waals surface area contributed by atoms with Gasteiger partial charge in [0.25, 0.3) is 10.0 Å². The Morgan fingerprint density at radius 3 is 2.46 bits per heavy atom. The summed E-state index contributed by atoms with van der Waals surface area (Å²) in [5.41, 5.74) is 2.55. The van der Waals surface area contributed by atoms with E-state index in [4.69, 9.17) is 0 Å². The zero-order valence-corrected chi connectivity index (χ0v) is 16.4. The van der Waals surface area contributed by atoms with Gasteiger partial charge in [0.1, 0.15) is 6.33 Å². The average Bonchev–Trinajstić information content (AvgIpc) is 3.12. The van der Waals surface area contributed by atoms with E-state index in [1.807, 2.05) is 6.92 Å². The van der Waals surface area contributed by atoms with Gasteiger partial charge in [-0.1, -0.05) is 37.0 Å². The molecule has 144 valence electrons. The van der Waals surface area contributed by atoms with Crippen molar-refractivity contribution in [2.75, 3.05) is 0 Å². The summed E-state index contributed by atoms with van der Waals surface area (Å²) in [6.45, 7) is 1.91. The Morgan fingerprint density at radius 1 is 1.07 bits per heavy atom. The summed E-state index contributed by atoms with van der Waals surface area (Å²) in [5.74, 6) is 2.43. The molecule has 2 aliphatic carbocycles. The second-order valence-electron chi connectivity index (χ2n) is 7.64. The van der Waals surface area contributed by atoms with Crippen LogP contribution in [0.5, 0.6) is 0 Å². The third kappa shape index (κ3) is 2.88. The first-order valence-corrected chi connectivity index (χ1v) is 11.0. The van der Waals surface area contributed by atoms with Crippen LogP contribution in [0.1, 0.15) is 31.2 Å². The Morgan fingerprint density at radius 2 is 1.82 bits per heavy atom. The molecule has 0 spiro atoms. The van der Waals surface area contributed by atoms with E-state index in [0.29, 0.717) is 16.8 Å². The summed E-state index contributed by atoms with van der Waals surface area (Å²) in [4.78, 5) is 4.43. The van der Waals surface area contributed by atoms with Crippen LogP contribution in [-0.4, -0.2) is 32.0 Å². The maximum absolute atomic E-state index is 12.8. The molecule has 3 heterocycles. The van der Waals surface area contributed by atoms with Crippen molar-refractivity contribution in [1.82, 2.24) is 23.6 Å². The van der Waals surface area contributed by atoms with Gasteiger partial charge in [0.05, 0.1) is 16.6 Å². The first-order chi connectivity index (χ1) is 13.5. The number of rotatable bonds is 2. The zero-order valence-electron chi connectivity index (χ0n) is 15.6. The first-order valence-electron chi connectivity index (χ1n) is 9.52. The van der Waals surface area contributed by atoms with Gasteiger partial charge in [-0.2, -0.15) is 0 Å². The van der Waals surface area contributed by atoms with Crippen LogP contribution in [0.3, 0.4) is 0 Å². The molecule has 8 heteroatoms. The average molecular weight is 395 g/mol. The largest absolute Gasteiger partial charge is 0.277 e. The third-order valence-electron chi connectivity index (χ3n) is 5.74. The fraction of sp³-hybridized carbons (Fsp3) is 0.350. The molecular formula is C20H21N5O2S. The van der Waals surface area contributed by atoms with E-state index < -0.39 is 10.0 Å². The van der Waals surface area contributed by atoms with Crippen molar-refractivity contribution < 1.29 is 8.42 Å². The third-order valence-corrected chi connectivity index (χ3v) is 7.42. The lowest BCUT2D eigenvalue weighted by Crippen LogP contribution is -2.12. The Balaban J connectivity index is 0.000000239. The van der Waals surface area contributed by atoms with Crippen molar-refractivity contribution in [1.29, 1.82) is 0 Å². The van der Waals surface area contributed by atoms with Crippen LogP contribution in [0, 0.1) is 18.8 Å². The second kappa shape index (κ2) is 6.41. The highest BCUT2D eigenvalue weighted by atomic mass is 32.2. The summed E-state index contributed by atoms with van der Waals surface area (Å²) in [6, 6.07) is 8.40. The molecule has 2 fully saturated rings. The Bertz CT molecular complexity index is 1250. The zero-order chi connectivity index (χ0) is 19.3. The Hall–Kier alpha value is -2.74. The number of fused-ring (bicyclic) bond motifs is 4. The molecule has 0 aliphatic heterocycles. The molecule has 28 heavy (non-hydrogen) atoms. The molecule has 0 bridgehead atoms. The highest BCUT2D eigenvalue weighted by Crippen LogP contribution is 2.51. The molecule has 2 unspecified atom stereocenters. The Kier molecular flexibility index (Phi) is 3.97. The summed E-state index contributed by atoms with van der Waals surface area (Å²) >= 11 is 0. The molecular weight excluding hydrogens is 374 g/mol. The lowest BCUT2D eigenvalue weighted by atomic mass is 10.2. The normalized spacial score (nSPS) is 20.8. The van der Waals surface area contributed by atoms with Gasteiger partial charge in [-0.25, -0.2) is 17.4 Å². The molecule has 4 aromatic rings. The van der Waals surface area contributed by atoms with Crippen LogP contribution in [0.15, 0.2) is 53.9 Å². The van der Waals surface area contributed by atoms with Gasteiger partial charge >= 0.3 is 0 Å². The van der Waals surface area contributed by atoms with Gasteiger partial charge in [-0.15, -0.1) is 10.2 Å². The van der Waals surface area contributed by atoms with Gasteiger partial charge < -0.3 is 0 Å². The van der Waals surface area contributed by atoms with Crippen molar-refractivity contribution in [2.24, 2.45) is 11.8 Å². The standard InChI is InChI=1S/C14H11N5O2S.C6H10/c1-10-2-4-11(5-3-10)22(20,21)19-7-6-12-14(19)15-8-13-17-16-9-18(12)13;1-2-5-4-6(5)3-1/h2-9H,1H3;5-6H,1-4H2. The first kappa shape index (κ1) is 17.4. The second-order valence-corrected chi connectivity index (χ2v) is 9.46. The molecule has 0 amide bonds. The van der Waals surface area contributed by atoms with Crippen LogP contribution < -0.4 is 0 Å². The summed E-state index contributed by atoms with van der Waals surface area (Å²) < 4.78 is 28.4. The molecule has 0 radical (unpaired) electrons. The van der Waals surface area contributed by atoms with Crippen LogP contribution in [0.4, 0.5) is 0 Å². The minimum absolute atomic E-state index is 0.223. The van der Waals surface area contributed by atoms with Gasteiger partial charge in [-0.05, 0) is 43.4 Å². The van der Waals surface area contributed by atoms with E-state index in [9.17, 15) is 8.42 Å². The van der Waals surface area contributed by atoms with Gasteiger partial charge in [0.15, 0.2) is 11.3 Å². The summed E-state index contributed by atoms with van der Waals surface area (Å²) in [5, 5.41) is 7.70. The van der Waals surface area contributed by atoms with Crippen molar-refractivity contribution in [3.05, 3.63) is 54.6 Å². The van der Waals surface area contributed by atoms with Crippen molar-refractivity contribution in [2.45, 2.75) is 37.5 Å². The summed E-state index contributed by atoms with van der Waals surface area (Å²) in [6.07, 6.45) is 10.8. The lowest BCUT2D eigenvalue weighted by molar-refractivity contribution is 0.588. The Labute approximate surface area is 163 Å². The number of aromatic nitrogens is 5. The molecule has 0 N–H and O–H groups in total.